The minimum atomic E-state index is -0.327. The van der Waals surface area contributed by atoms with E-state index in [0.717, 1.165) is 30.4 Å². The Hall–Kier alpha value is -2.29. The zero-order valence-electron chi connectivity index (χ0n) is 12.1. The average molecular weight is 281 g/mol. The molecule has 0 aromatic heterocycles. The van der Waals surface area contributed by atoms with Gasteiger partial charge in [-0.3, -0.25) is 0 Å². The van der Waals surface area contributed by atoms with E-state index in [1.54, 1.807) is 6.07 Å². The van der Waals surface area contributed by atoms with Gasteiger partial charge < -0.3 is 10.5 Å². The van der Waals surface area contributed by atoms with Gasteiger partial charge in [0, 0.05) is 5.69 Å². The van der Waals surface area contributed by atoms with Crippen molar-refractivity contribution < 1.29 is 9.53 Å². The first-order valence-electron chi connectivity index (χ1n) is 7.30. The summed E-state index contributed by atoms with van der Waals surface area (Å²) in [5, 5.41) is 0. The van der Waals surface area contributed by atoms with Crippen molar-refractivity contribution in [3.63, 3.8) is 0 Å². The number of fused-ring (bicyclic) bond motifs is 1. The number of esters is 1. The Bertz CT molecular complexity index is 658. The van der Waals surface area contributed by atoms with Crippen LogP contribution >= 0.6 is 0 Å². The number of benzene rings is 2. The lowest BCUT2D eigenvalue weighted by Gasteiger charge is -2.25. The number of ether oxygens (including phenoxy) is 1. The van der Waals surface area contributed by atoms with Gasteiger partial charge in [-0.2, -0.15) is 0 Å². The summed E-state index contributed by atoms with van der Waals surface area (Å²) in [6, 6.07) is 13.6. The lowest BCUT2D eigenvalue weighted by molar-refractivity contribution is 0.0257. The average Bonchev–Trinajstić information content (AvgIpc) is 2.47. The molecule has 0 bridgehead atoms. The first-order valence-corrected chi connectivity index (χ1v) is 7.30. The monoisotopic (exact) mass is 281 g/mol. The van der Waals surface area contributed by atoms with E-state index in [2.05, 4.69) is 6.07 Å². The molecule has 1 atom stereocenters. The van der Waals surface area contributed by atoms with E-state index in [1.807, 2.05) is 37.3 Å². The molecule has 2 aromatic rings. The molecule has 0 amide bonds. The third-order valence-corrected chi connectivity index (χ3v) is 4.07. The second-order valence-corrected chi connectivity index (χ2v) is 5.52. The maximum atomic E-state index is 12.5. The molecule has 2 N–H and O–H groups in total. The highest BCUT2D eigenvalue weighted by atomic mass is 16.5. The van der Waals surface area contributed by atoms with E-state index in [0.29, 0.717) is 11.3 Å². The number of nitrogens with two attached hydrogens (primary N) is 1. The zero-order valence-corrected chi connectivity index (χ0v) is 12.1. The predicted molar refractivity (Wildman–Crippen MR) is 83.1 cm³/mol. The van der Waals surface area contributed by atoms with Crippen LogP contribution in [0.5, 0.6) is 0 Å². The molecule has 0 spiro atoms. The summed E-state index contributed by atoms with van der Waals surface area (Å²) >= 11 is 0. The summed E-state index contributed by atoms with van der Waals surface area (Å²) in [5.74, 6) is -0.327. The van der Waals surface area contributed by atoms with E-state index < -0.39 is 0 Å². The Morgan fingerprint density at radius 1 is 1.19 bits per heavy atom. The van der Waals surface area contributed by atoms with Gasteiger partial charge in [0.2, 0.25) is 0 Å². The lowest BCUT2D eigenvalue weighted by atomic mass is 9.89. The summed E-state index contributed by atoms with van der Waals surface area (Å²) in [7, 11) is 0. The summed E-state index contributed by atoms with van der Waals surface area (Å²) in [4.78, 5) is 12.5. The van der Waals surface area contributed by atoms with Crippen LogP contribution < -0.4 is 5.73 Å². The van der Waals surface area contributed by atoms with Crippen molar-refractivity contribution >= 4 is 11.7 Å². The summed E-state index contributed by atoms with van der Waals surface area (Å²) in [6.45, 7) is 1.88. The highest BCUT2D eigenvalue weighted by molar-refractivity contribution is 5.96. The maximum absolute atomic E-state index is 12.5. The maximum Gasteiger partial charge on any atom is 0.341 e. The number of anilines is 1. The minimum Gasteiger partial charge on any atom is -0.454 e. The fourth-order valence-corrected chi connectivity index (χ4v) is 2.99. The van der Waals surface area contributed by atoms with Gasteiger partial charge in [-0.1, -0.05) is 36.4 Å². The van der Waals surface area contributed by atoms with Crippen molar-refractivity contribution in [3.05, 3.63) is 64.7 Å². The van der Waals surface area contributed by atoms with Gasteiger partial charge in [0.15, 0.2) is 0 Å². The number of carbonyl (C=O) groups is 1. The zero-order chi connectivity index (χ0) is 14.8. The van der Waals surface area contributed by atoms with Crippen LogP contribution in [-0.2, 0) is 11.2 Å². The van der Waals surface area contributed by atoms with Crippen molar-refractivity contribution in [1.29, 1.82) is 0 Å². The van der Waals surface area contributed by atoms with Gasteiger partial charge in [0.25, 0.3) is 0 Å². The quantitative estimate of drug-likeness (QED) is 0.672. The van der Waals surface area contributed by atoms with Gasteiger partial charge in [-0.15, -0.1) is 0 Å². The SMILES string of the molecule is Cc1cccc(N)c1C(=O)OC1CCCc2ccccc21. The van der Waals surface area contributed by atoms with Gasteiger partial charge in [0.05, 0.1) is 5.56 Å². The number of aryl methyl sites for hydroxylation is 2. The van der Waals surface area contributed by atoms with Crippen LogP contribution in [0.4, 0.5) is 5.69 Å². The Morgan fingerprint density at radius 2 is 2.00 bits per heavy atom. The molecule has 1 aliphatic rings. The van der Waals surface area contributed by atoms with Crippen LogP contribution in [0.2, 0.25) is 0 Å². The van der Waals surface area contributed by atoms with Crippen molar-refractivity contribution in [2.24, 2.45) is 0 Å². The topological polar surface area (TPSA) is 52.3 Å². The molecule has 0 fully saturated rings. The van der Waals surface area contributed by atoms with Crippen molar-refractivity contribution in [2.45, 2.75) is 32.3 Å². The highest BCUT2D eigenvalue weighted by Crippen LogP contribution is 2.33. The Balaban J connectivity index is 1.86. The number of hydrogen-bond acceptors (Lipinski definition) is 3. The van der Waals surface area contributed by atoms with Gasteiger partial charge in [-0.25, -0.2) is 4.79 Å². The fraction of sp³-hybridized carbons (Fsp3) is 0.278. The lowest BCUT2D eigenvalue weighted by Crippen LogP contribution is -2.18. The molecule has 1 aliphatic carbocycles. The van der Waals surface area contributed by atoms with Crippen LogP contribution in [0.1, 0.15) is 46.0 Å². The molecule has 0 heterocycles. The second-order valence-electron chi connectivity index (χ2n) is 5.52. The number of rotatable bonds is 2. The molecule has 108 valence electrons. The normalized spacial score (nSPS) is 17.1. The molecule has 0 saturated heterocycles. The molecule has 0 radical (unpaired) electrons. The van der Waals surface area contributed by atoms with Crippen LogP contribution in [-0.4, -0.2) is 5.97 Å². The van der Waals surface area contributed by atoms with Crippen LogP contribution in [0.25, 0.3) is 0 Å². The largest absolute Gasteiger partial charge is 0.454 e. The number of hydrogen-bond donors (Lipinski definition) is 1. The van der Waals surface area contributed by atoms with E-state index in [1.165, 1.54) is 5.56 Å². The Labute approximate surface area is 124 Å². The van der Waals surface area contributed by atoms with Crippen molar-refractivity contribution in [3.8, 4) is 0 Å². The van der Waals surface area contributed by atoms with Crippen molar-refractivity contribution in [1.82, 2.24) is 0 Å². The fourth-order valence-electron chi connectivity index (χ4n) is 2.99. The summed E-state index contributed by atoms with van der Waals surface area (Å²) in [5.41, 5.74) is 10.1. The van der Waals surface area contributed by atoms with Crippen molar-refractivity contribution in [2.75, 3.05) is 5.73 Å². The molecule has 1 unspecified atom stereocenters. The van der Waals surface area contributed by atoms with E-state index in [4.69, 9.17) is 10.5 Å². The van der Waals surface area contributed by atoms with E-state index in [9.17, 15) is 4.79 Å². The Morgan fingerprint density at radius 3 is 2.81 bits per heavy atom. The number of carbonyl (C=O) groups excluding carboxylic acids is 1. The van der Waals surface area contributed by atoms with Crippen LogP contribution in [0.15, 0.2) is 42.5 Å². The molecular formula is C18H19NO2. The third-order valence-electron chi connectivity index (χ3n) is 4.07. The molecule has 3 rings (SSSR count). The predicted octanol–water partition coefficient (Wildman–Crippen LogP) is 3.81. The van der Waals surface area contributed by atoms with Crippen LogP contribution in [0, 0.1) is 6.92 Å². The molecule has 21 heavy (non-hydrogen) atoms. The molecular weight excluding hydrogens is 262 g/mol. The smallest absolute Gasteiger partial charge is 0.341 e. The Kier molecular flexibility index (Phi) is 3.65. The second kappa shape index (κ2) is 5.60. The molecule has 3 nitrogen and oxygen atoms in total. The van der Waals surface area contributed by atoms with Gasteiger partial charge in [-0.05, 0) is 48.9 Å². The van der Waals surface area contributed by atoms with Crippen LogP contribution in [0.3, 0.4) is 0 Å². The molecule has 2 aromatic carbocycles. The van der Waals surface area contributed by atoms with Gasteiger partial charge in [0.1, 0.15) is 6.10 Å². The highest BCUT2D eigenvalue weighted by Gasteiger charge is 2.25. The molecule has 3 heteroatoms. The van der Waals surface area contributed by atoms with E-state index >= 15 is 0 Å². The summed E-state index contributed by atoms with van der Waals surface area (Å²) < 4.78 is 5.75. The third kappa shape index (κ3) is 2.64. The first kappa shape index (κ1) is 13.7. The van der Waals surface area contributed by atoms with Gasteiger partial charge >= 0.3 is 5.97 Å². The summed E-state index contributed by atoms with van der Waals surface area (Å²) in [6.07, 6.45) is 2.80. The number of nitrogen functional groups attached to an aromatic ring is 1. The minimum absolute atomic E-state index is 0.165. The molecule has 0 aliphatic heterocycles. The molecule has 0 saturated carbocycles. The van der Waals surface area contributed by atoms with E-state index in [-0.39, 0.29) is 12.1 Å². The standard InChI is InChI=1S/C18H19NO2/c1-12-6-4-10-15(19)17(12)18(20)21-16-11-5-8-13-7-2-3-9-14(13)16/h2-4,6-7,9-10,16H,5,8,11,19H2,1H3. The first-order chi connectivity index (χ1) is 10.2.